The van der Waals surface area contributed by atoms with E-state index in [-0.39, 0.29) is 0 Å². The minimum absolute atomic E-state index is 0.603. The summed E-state index contributed by atoms with van der Waals surface area (Å²) < 4.78 is 18.8. The van der Waals surface area contributed by atoms with Crippen LogP contribution in [-0.4, -0.2) is 12.8 Å². The molecule has 0 aliphatic rings. The van der Waals surface area contributed by atoms with Gasteiger partial charge in [-0.25, -0.2) is 0 Å². The maximum Gasteiger partial charge on any atom is 0.232 e. The van der Waals surface area contributed by atoms with Gasteiger partial charge in [0.1, 0.15) is 0 Å². The molecule has 0 saturated heterocycles. The van der Waals surface area contributed by atoms with Gasteiger partial charge in [0.05, 0.1) is 6.61 Å². The van der Waals surface area contributed by atoms with Crippen molar-refractivity contribution in [1.29, 1.82) is 0 Å². The standard InChI is InChI=1S/C15H25O2P/c1-4-6-12-17-18(16,13-7-5-2)15-11-9-8-10-14(15)3/h8-11H,4-7,12-13H2,1-3H3. The summed E-state index contributed by atoms with van der Waals surface area (Å²) in [4.78, 5) is 0. The molecule has 1 atom stereocenters. The molecule has 1 rings (SSSR count). The molecule has 0 N–H and O–H groups in total. The predicted octanol–water partition coefficient (Wildman–Crippen LogP) is 4.52. The van der Waals surface area contributed by atoms with Gasteiger partial charge in [0, 0.05) is 11.5 Å². The fourth-order valence-electron chi connectivity index (χ4n) is 1.92. The Balaban J connectivity index is 2.89. The van der Waals surface area contributed by atoms with Crippen LogP contribution in [0.25, 0.3) is 0 Å². The summed E-state index contributed by atoms with van der Waals surface area (Å²) in [7, 11) is -2.66. The molecule has 3 heteroatoms. The Morgan fingerprint density at radius 2 is 1.78 bits per heavy atom. The van der Waals surface area contributed by atoms with Crippen LogP contribution in [0.3, 0.4) is 0 Å². The average molecular weight is 268 g/mol. The first kappa shape index (κ1) is 15.5. The van der Waals surface area contributed by atoms with E-state index in [4.69, 9.17) is 4.52 Å². The van der Waals surface area contributed by atoms with Crippen LogP contribution in [0, 0.1) is 6.92 Å². The molecule has 0 radical (unpaired) electrons. The van der Waals surface area contributed by atoms with E-state index in [0.29, 0.717) is 12.8 Å². The topological polar surface area (TPSA) is 26.3 Å². The minimum Gasteiger partial charge on any atom is -0.325 e. The molecular formula is C15H25O2P. The van der Waals surface area contributed by atoms with Crippen LogP contribution in [0.1, 0.15) is 45.1 Å². The molecule has 0 heterocycles. The number of hydrogen-bond acceptors (Lipinski definition) is 2. The van der Waals surface area contributed by atoms with Crippen molar-refractivity contribution in [3.05, 3.63) is 29.8 Å². The summed E-state index contributed by atoms with van der Waals surface area (Å²) in [6.45, 7) is 6.85. The zero-order valence-electron chi connectivity index (χ0n) is 11.8. The van der Waals surface area contributed by atoms with Crippen molar-refractivity contribution in [2.24, 2.45) is 0 Å². The Morgan fingerprint density at radius 3 is 2.39 bits per heavy atom. The van der Waals surface area contributed by atoms with Gasteiger partial charge in [-0.05, 0) is 31.4 Å². The molecule has 0 fully saturated rings. The first-order valence-electron chi connectivity index (χ1n) is 6.94. The van der Waals surface area contributed by atoms with Gasteiger partial charge in [-0.2, -0.15) is 0 Å². The molecule has 0 saturated carbocycles. The molecule has 0 aliphatic carbocycles. The summed E-state index contributed by atoms with van der Waals surface area (Å²) in [6.07, 6.45) is 4.71. The first-order chi connectivity index (χ1) is 8.64. The second-order valence-corrected chi connectivity index (χ2v) is 7.26. The second kappa shape index (κ2) is 7.76. The molecule has 102 valence electrons. The fraction of sp³-hybridized carbons (Fsp3) is 0.600. The number of benzene rings is 1. The summed E-state index contributed by atoms with van der Waals surface area (Å²) in [5.41, 5.74) is 1.08. The van der Waals surface area contributed by atoms with Crippen molar-refractivity contribution in [2.75, 3.05) is 12.8 Å². The molecule has 2 nitrogen and oxygen atoms in total. The van der Waals surface area contributed by atoms with Crippen molar-refractivity contribution in [2.45, 2.75) is 46.5 Å². The van der Waals surface area contributed by atoms with Gasteiger partial charge in [-0.1, -0.05) is 44.9 Å². The minimum atomic E-state index is -2.66. The number of aryl methyl sites for hydroxylation is 1. The van der Waals surface area contributed by atoms with Gasteiger partial charge in [0.2, 0.25) is 7.37 Å². The van der Waals surface area contributed by atoms with Gasteiger partial charge >= 0.3 is 0 Å². The van der Waals surface area contributed by atoms with Crippen molar-refractivity contribution >= 4 is 12.7 Å². The summed E-state index contributed by atoms with van der Waals surface area (Å²) >= 11 is 0. The Labute approximate surface area is 111 Å². The molecule has 0 spiro atoms. The monoisotopic (exact) mass is 268 g/mol. The predicted molar refractivity (Wildman–Crippen MR) is 79.1 cm³/mol. The Kier molecular flexibility index (Phi) is 6.67. The van der Waals surface area contributed by atoms with Gasteiger partial charge in [-0.15, -0.1) is 0 Å². The van der Waals surface area contributed by atoms with E-state index in [1.807, 2.05) is 31.2 Å². The summed E-state index contributed by atoms with van der Waals surface area (Å²) in [5.74, 6) is 0. The van der Waals surface area contributed by atoms with Crippen molar-refractivity contribution in [1.82, 2.24) is 0 Å². The zero-order chi connectivity index (χ0) is 13.4. The number of rotatable bonds is 8. The molecule has 0 aromatic heterocycles. The lowest BCUT2D eigenvalue weighted by molar-refractivity contribution is 0.311. The number of unbranched alkanes of at least 4 members (excludes halogenated alkanes) is 2. The van der Waals surface area contributed by atoms with Crippen molar-refractivity contribution in [3.8, 4) is 0 Å². The second-order valence-electron chi connectivity index (χ2n) is 4.72. The Bertz CT molecular complexity index is 401. The third-order valence-corrected chi connectivity index (χ3v) is 5.83. The third kappa shape index (κ3) is 4.26. The normalized spacial score (nSPS) is 14.4. The van der Waals surface area contributed by atoms with Crippen LogP contribution >= 0.6 is 7.37 Å². The summed E-state index contributed by atoms with van der Waals surface area (Å²) in [5, 5.41) is 0.912. The third-order valence-electron chi connectivity index (χ3n) is 3.09. The summed E-state index contributed by atoms with van der Waals surface area (Å²) in [6, 6.07) is 7.90. The van der Waals surface area contributed by atoms with Crippen molar-refractivity contribution in [3.63, 3.8) is 0 Å². The van der Waals surface area contributed by atoms with E-state index in [9.17, 15) is 4.57 Å². The molecule has 1 aromatic rings. The molecule has 0 bridgehead atoms. The average Bonchev–Trinajstić information content (AvgIpc) is 2.37. The molecule has 0 amide bonds. The molecule has 1 aromatic carbocycles. The van der Waals surface area contributed by atoms with E-state index >= 15 is 0 Å². The van der Waals surface area contributed by atoms with E-state index in [2.05, 4.69) is 13.8 Å². The van der Waals surface area contributed by atoms with E-state index in [1.54, 1.807) is 0 Å². The van der Waals surface area contributed by atoms with E-state index in [1.165, 1.54) is 0 Å². The van der Waals surface area contributed by atoms with Gasteiger partial charge < -0.3 is 4.52 Å². The Morgan fingerprint density at radius 1 is 1.11 bits per heavy atom. The lowest BCUT2D eigenvalue weighted by Gasteiger charge is -2.20. The van der Waals surface area contributed by atoms with Crippen molar-refractivity contribution < 1.29 is 9.09 Å². The molecule has 1 unspecified atom stereocenters. The molecule has 18 heavy (non-hydrogen) atoms. The van der Waals surface area contributed by atoms with Gasteiger partial charge in [0.15, 0.2) is 0 Å². The van der Waals surface area contributed by atoms with Crippen LogP contribution in [0.15, 0.2) is 24.3 Å². The van der Waals surface area contributed by atoms with Crippen LogP contribution in [0.5, 0.6) is 0 Å². The maximum atomic E-state index is 13.0. The van der Waals surface area contributed by atoms with Gasteiger partial charge in [-0.3, -0.25) is 4.57 Å². The molecular weight excluding hydrogens is 243 g/mol. The Hall–Kier alpha value is -0.590. The maximum absolute atomic E-state index is 13.0. The van der Waals surface area contributed by atoms with E-state index in [0.717, 1.165) is 36.6 Å². The highest BCUT2D eigenvalue weighted by Gasteiger charge is 2.26. The van der Waals surface area contributed by atoms with E-state index < -0.39 is 7.37 Å². The van der Waals surface area contributed by atoms with Crippen LogP contribution in [-0.2, 0) is 9.09 Å². The fourth-order valence-corrected chi connectivity index (χ4v) is 4.51. The lowest BCUT2D eigenvalue weighted by atomic mass is 10.2. The SMILES string of the molecule is CCCCOP(=O)(CCCC)c1ccccc1C. The lowest BCUT2D eigenvalue weighted by Crippen LogP contribution is -2.14. The van der Waals surface area contributed by atoms with Crippen LogP contribution in [0.2, 0.25) is 0 Å². The first-order valence-corrected chi connectivity index (χ1v) is 8.75. The smallest absolute Gasteiger partial charge is 0.232 e. The largest absolute Gasteiger partial charge is 0.325 e. The zero-order valence-corrected chi connectivity index (χ0v) is 12.7. The molecule has 0 aliphatic heterocycles. The number of hydrogen-bond donors (Lipinski definition) is 0. The highest BCUT2D eigenvalue weighted by atomic mass is 31.2. The van der Waals surface area contributed by atoms with Crippen LogP contribution < -0.4 is 5.30 Å². The van der Waals surface area contributed by atoms with Crippen LogP contribution in [0.4, 0.5) is 0 Å². The quantitative estimate of drug-likeness (QED) is 0.512. The highest BCUT2D eigenvalue weighted by Crippen LogP contribution is 2.47. The highest BCUT2D eigenvalue weighted by molar-refractivity contribution is 7.67. The van der Waals surface area contributed by atoms with Gasteiger partial charge in [0.25, 0.3) is 0 Å².